The Hall–Kier alpha value is -2.35. The average Bonchev–Trinajstić information content (AvgIpc) is 2.46. The fraction of sp³-hybridized carbons (Fsp3) is 0.118. The van der Waals surface area contributed by atoms with E-state index in [0.717, 1.165) is 5.56 Å². The van der Waals surface area contributed by atoms with Crippen molar-refractivity contribution in [3.8, 4) is 0 Å². The van der Waals surface area contributed by atoms with Gasteiger partial charge < -0.3 is 4.90 Å². The molecule has 0 aliphatic heterocycles. The van der Waals surface area contributed by atoms with E-state index >= 15 is 0 Å². The molecule has 0 heterocycles. The Morgan fingerprint density at radius 3 is 2.53 bits per heavy atom. The van der Waals surface area contributed by atoms with Gasteiger partial charge in [-0.1, -0.05) is 49.1 Å². The number of rotatable bonds is 5. The Kier molecular flexibility index (Phi) is 4.14. The Balaban J connectivity index is 2.25. The number of hydrogen-bond acceptors (Lipinski definition) is 1. The predicted octanol–water partition coefficient (Wildman–Crippen LogP) is 3.54. The lowest BCUT2D eigenvalue weighted by Gasteiger charge is -2.19. The molecule has 19 heavy (non-hydrogen) atoms. The van der Waals surface area contributed by atoms with Gasteiger partial charge >= 0.3 is 0 Å². The monoisotopic (exact) mass is 251 g/mol. The van der Waals surface area contributed by atoms with Crippen LogP contribution in [0.5, 0.6) is 0 Å². The lowest BCUT2D eigenvalue weighted by Crippen LogP contribution is -2.28. The first kappa shape index (κ1) is 13.1. The summed E-state index contributed by atoms with van der Waals surface area (Å²) in [5, 5.41) is 2.39. The van der Waals surface area contributed by atoms with Crippen LogP contribution in [-0.4, -0.2) is 17.4 Å². The van der Waals surface area contributed by atoms with Crippen molar-refractivity contribution in [3.05, 3.63) is 73.3 Å². The van der Waals surface area contributed by atoms with Crippen LogP contribution in [0.25, 0.3) is 10.8 Å². The first-order valence-electron chi connectivity index (χ1n) is 6.24. The van der Waals surface area contributed by atoms with Gasteiger partial charge in [-0.15, -0.1) is 6.58 Å². The second-order valence-corrected chi connectivity index (χ2v) is 4.39. The number of carbonyl (C=O) groups excluding carboxylic acids is 1. The highest BCUT2D eigenvalue weighted by molar-refractivity contribution is 5.87. The molecule has 0 aliphatic carbocycles. The van der Waals surface area contributed by atoms with Gasteiger partial charge in [0.15, 0.2) is 0 Å². The second-order valence-electron chi connectivity index (χ2n) is 4.39. The van der Waals surface area contributed by atoms with Crippen molar-refractivity contribution in [3.63, 3.8) is 0 Å². The fourth-order valence-corrected chi connectivity index (χ4v) is 2.07. The molecule has 0 spiro atoms. The minimum absolute atomic E-state index is 0.0759. The molecule has 0 N–H and O–H groups in total. The van der Waals surface area contributed by atoms with Gasteiger partial charge in [-0.05, 0) is 28.5 Å². The molecule has 2 nitrogen and oxygen atoms in total. The van der Waals surface area contributed by atoms with E-state index in [1.165, 1.54) is 16.8 Å². The maximum absolute atomic E-state index is 11.7. The van der Waals surface area contributed by atoms with Crippen molar-refractivity contribution in [1.29, 1.82) is 0 Å². The first-order chi connectivity index (χ1) is 9.24. The molecule has 0 radical (unpaired) electrons. The number of hydrogen-bond donors (Lipinski definition) is 0. The van der Waals surface area contributed by atoms with Crippen LogP contribution in [0.15, 0.2) is 67.8 Å². The normalized spacial score (nSPS) is 10.1. The summed E-state index contributed by atoms with van der Waals surface area (Å²) in [5.74, 6) is -0.0759. The molecule has 0 unspecified atom stereocenters. The number of benzene rings is 2. The van der Waals surface area contributed by atoms with Gasteiger partial charge in [0.25, 0.3) is 0 Å². The van der Waals surface area contributed by atoms with Crippen molar-refractivity contribution in [2.75, 3.05) is 6.54 Å². The summed E-state index contributed by atoms with van der Waals surface area (Å²) in [7, 11) is 0. The van der Waals surface area contributed by atoms with Crippen LogP contribution in [-0.2, 0) is 11.3 Å². The Bertz CT molecular complexity index is 615. The van der Waals surface area contributed by atoms with Crippen molar-refractivity contribution in [2.24, 2.45) is 0 Å². The van der Waals surface area contributed by atoms with E-state index in [4.69, 9.17) is 0 Å². The molecule has 0 fully saturated rings. The molecule has 0 atom stereocenters. The summed E-state index contributed by atoms with van der Waals surface area (Å²) in [5.41, 5.74) is 1.11. The van der Waals surface area contributed by atoms with Crippen molar-refractivity contribution >= 4 is 16.7 Å². The largest absolute Gasteiger partial charge is 0.331 e. The van der Waals surface area contributed by atoms with Gasteiger partial charge in [0.2, 0.25) is 5.91 Å². The first-order valence-corrected chi connectivity index (χ1v) is 6.24. The molecule has 0 bridgehead atoms. The molecule has 1 amide bonds. The van der Waals surface area contributed by atoms with Crippen LogP contribution in [0, 0.1) is 0 Å². The van der Waals surface area contributed by atoms with Gasteiger partial charge in [0.05, 0.1) is 0 Å². The summed E-state index contributed by atoms with van der Waals surface area (Å²) >= 11 is 0. The van der Waals surface area contributed by atoms with E-state index in [2.05, 4.69) is 43.5 Å². The maximum Gasteiger partial charge on any atom is 0.246 e. The summed E-state index contributed by atoms with van der Waals surface area (Å²) in [4.78, 5) is 13.4. The van der Waals surface area contributed by atoms with Crippen LogP contribution in [0.3, 0.4) is 0 Å². The standard InChI is InChI=1S/C17H17NO/c1-3-11-18(17(19)4-2)13-14-9-10-15-7-5-6-8-16(15)12-14/h3-10,12H,1-2,11,13H2. The number of carbonyl (C=O) groups is 1. The van der Waals surface area contributed by atoms with Crippen LogP contribution >= 0.6 is 0 Å². The van der Waals surface area contributed by atoms with E-state index in [0.29, 0.717) is 13.1 Å². The Morgan fingerprint density at radius 1 is 1.11 bits per heavy atom. The van der Waals surface area contributed by atoms with Crippen LogP contribution in [0.2, 0.25) is 0 Å². The van der Waals surface area contributed by atoms with E-state index in [1.807, 2.05) is 12.1 Å². The molecule has 2 heteroatoms. The zero-order chi connectivity index (χ0) is 13.7. The minimum atomic E-state index is -0.0759. The van der Waals surface area contributed by atoms with E-state index in [1.54, 1.807) is 11.0 Å². The smallest absolute Gasteiger partial charge is 0.246 e. The highest BCUT2D eigenvalue weighted by Crippen LogP contribution is 2.17. The van der Waals surface area contributed by atoms with E-state index in [9.17, 15) is 4.79 Å². The quantitative estimate of drug-likeness (QED) is 0.588. The Morgan fingerprint density at radius 2 is 1.84 bits per heavy atom. The zero-order valence-corrected chi connectivity index (χ0v) is 10.9. The average molecular weight is 251 g/mol. The van der Waals surface area contributed by atoms with Crippen molar-refractivity contribution in [2.45, 2.75) is 6.54 Å². The van der Waals surface area contributed by atoms with Gasteiger partial charge in [-0.3, -0.25) is 4.79 Å². The molecule has 0 saturated carbocycles. The zero-order valence-electron chi connectivity index (χ0n) is 10.9. The number of fused-ring (bicyclic) bond motifs is 1. The SMILES string of the molecule is C=CCN(Cc1ccc2ccccc2c1)C(=O)C=C. The molecule has 2 aromatic rings. The molecule has 0 aliphatic rings. The molecule has 2 rings (SSSR count). The molecular weight excluding hydrogens is 234 g/mol. The van der Waals surface area contributed by atoms with Crippen LogP contribution < -0.4 is 0 Å². The third-order valence-corrected chi connectivity index (χ3v) is 3.02. The third-order valence-electron chi connectivity index (χ3n) is 3.02. The van der Waals surface area contributed by atoms with Crippen LogP contribution in [0.4, 0.5) is 0 Å². The molecule has 96 valence electrons. The maximum atomic E-state index is 11.7. The summed E-state index contributed by atoms with van der Waals surface area (Å²) < 4.78 is 0. The Labute approximate surface area is 113 Å². The van der Waals surface area contributed by atoms with Crippen molar-refractivity contribution in [1.82, 2.24) is 4.90 Å². The summed E-state index contributed by atoms with van der Waals surface area (Å²) in [6, 6.07) is 14.4. The molecule has 0 aromatic heterocycles. The topological polar surface area (TPSA) is 20.3 Å². The second kappa shape index (κ2) is 6.01. The highest BCUT2D eigenvalue weighted by Gasteiger charge is 2.09. The van der Waals surface area contributed by atoms with E-state index < -0.39 is 0 Å². The predicted molar refractivity (Wildman–Crippen MR) is 79.8 cm³/mol. The third kappa shape index (κ3) is 3.10. The molecule has 2 aromatic carbocycles. The molecule has 0 saturated heterocycles. The number of nitrogens with zero attached hydrogens (tertiary/aromatic N) is 1. The van der Waals surface area contributed by atoms with E-state index in [-0.39, 0.29) is 5.91 Å². The fourth-order valence-electron chi connectivity index (χ4n) is 2.07. The number of amides is 1. The van der Waals surface area contributed by atoms with Gasteiger partial charge in [0, 0.05) is 13.1 Å². The lowest BCUT2D eigenvalue weighted by molar-refractivity contribution is -0.126. The minimum Gasteiger partial charge on any atom is -0.331 e. The van der Waals surface area contributed by atoms with Gasteiger partial charge in [0.1, 0.15) is 0 Å². The molecular formula is C17H17NO. The summed E-state index contributed by atoms with van der Waals surface area (Å²) in [6.07, 6.45) is 3.06. The van der Waals surface area contributed by atoms with Gasteiger partial charge in [-0.25, -0.2) is 0 Å². The summed E-state index contributed by atoms with van der Waals surface area (Å²) in [6.45, 7) is 8.31. The van der Waals surface area contributed by atoms with Crippen molar-refractivity contribution < 1.29 is 4.79 Å². The lowest BCUT2D eigenvalue weighted by atomic mass is 10.1. The van der Waals surface area contributed by atoms with Gasteiger partial charge in [-0.2, -0.15) is 0 Å². The highest BCUT2D eigenvalue weighted by atomic mass is 16.2. The van der Waals surface area contributed by atoms with Crippen LogP contribution in [0.1, 0.15) is 5.56 Å².